The van der Waals surface area contributed by atoms with E-state index in [0.717, 1.165) is 18.4 Å². The summed E-state index contributed by atoms with van der Waals surface area (Å²) in [5, 5.41) is 12.1. The van der Waals surface area contributed by atoms with Crippen LogP contribution in [0.1, 0.15) is 44.1 Å². The quantitative estimate of drug-likeness (QED) is 0.678. The molecule has 0 radical (unpaired) electrons. The Hall–Kier alpha value is -1.59. The van der Waals surface area contributed by atoms with Gasteiger partial charge in [-0.25, -0.2) is 10.3 Å². The second-order valence-corrected chi connectivity index (χ2v) is 5.87. The zero-order chi connectivity index (χ0) is 15.6. The molecule has 1 unspecified atom stereocenters. The van der Waals surface area contributed by atoms with Gasteiger partial charge in [0.2, 0.25) is 0 Å². The van der Waals surface area contributed by atoms with Crippen molar-refractivity contribution < 1.29 is 14.7 Å². The number of amides is 2. The van der Waals surface area contributed by atoms with Crippen LogP contribution in [-0.4, -0.2) is 23.8 Å². The maximum Gasteiger partial charge on any atom is 0.338 e. The highest BCUT2D eigenvalue weighted by atomic mass is 16.7. The van der Waals surface area contributed by atoms with Crippen molar-refractivity contribution in [3.05, 3.63) is 35.9 Å². The number of nitrogens with one attached hydrogen (secondary N) is 2. The summed E-state index contributed by atoms with van der Waals surface area (Å²) in [4.78, 5) is 17.2. The van der Waals surface area contributed by atoms with Crippen molar-refractivity contribution in [1.29, 1.82) is 0 Å². The number of hydrogen-bond donors (Lipinski definition) is 3. The van der Waals surface area contributed by atoms with Gasteiger partial charge in [0.25, 0.3) is 0 Å². The third-order valence-corrected chi connectivity index (χ3v) is 4.22. The van der Waals surface area contributed by atoms with Crippen molar-refractivity contribution in [1.82, 2.24) is 10.8 Å². The Morgan fingerprint density at radius 1 is 1.23 bits per heavy atom. The van der Waals surface area contributed by atoms with Crippen LogP contribution < -0.4 is 10.8 Å². The van der Waals surface area contributed by atoms with Gasteiger partial charge < -0.3 is 10.4 Å². The molecule has 0 aliphatic heterocycles. The van der Waals surface area contributed by atoms with Crippen molar-refractivity contribution in [3.63, 3.8) is 0 Å². The van der Waals surface area contributed by atoms with Gasteiger partial charge in [-0.3, -0.25) is 4.84 Å². The Morgan fingerprint density at radius 3 is 2.64 bits per heavy atom. The molecule has 1 aromatic carbocycles. The smallest absolute Gasteiger partial charge is 0.338 e. The summed E-state index contributed by atoms with van der Waals surface area (Å²) >= 11 is 0. The maximum absolute atomic E-state index is 11.9. The predicted molar refractivity (Wildman–Crippen MR) is 85.0 cm³/mol. The van der Waals surface area contributed by atoms with Crippen LogP contribution in [0.25, 0.3) is 0 Å². The van der Waals surface area contributed by atoms with Crippen LogP contribution in [-0.2, 0) is 11.4 Å². The number of carbonyl (C=O) groups excluding carboxylic acids is 1. The molecule has 0 spiro atoms. The van der Waals surface area contributed by atoms with E-state index in [0.29, 0.717) is 18.9 Å². The lowest BCUT2D eigenvalue weighted by Gasteiger charge is -2.30. The largest absolute Gasteiger partial charge is 0.396 e. The first-order valence-electron chi connectivity index (χ1n) is 8.12. The van der Waals surface area contributed by atoms with E-state index in [1.807, 2.05) is 30.3 Å². The number of benzene rings is 1. The van der Waals surface area contributed by atoms with E-state index < -0.39 is 0 Å². The van der Waals surface area contributed by atoms with Crippen molar-refractivity contribution >= 4 is 6.03 Å². The summed E-state index contributed by atoms with van der Waals surface area (Å²) in [5.74, 6) is 0.459. The van der Waals surface area contributed by atoms with E-state index in [1.54, 1.807) is 0 Å². The molecule has 122 valence electrons. The SMILES string of the molecule is O=C(NOCc1ccccc1)NC(CCO)C1CCCCC1. The standard InChI is InChI=1S/C17H26N2O3/c20-12-11-16(15-9-5-2-6-10-15)18-17(21)19-22-13-14-7-3-1-4-8-14/h1,3-4,7-8,15-16,20H,2,5-6,9-13H2,(H2,18,19,21). The first-order chi connectivity index (χ1) is 10.8. The van der Waals surface area contributed by atoms with E-state index >= 15 is 0 Å². The molecule has 0 aromatic heterocycles. The molecule has 0 bridgehead atoms. The van der Waals surface area contributed by atoms with Crippen LogP contribution in [0.4, 0.5) is 4.79 Å². The Labute approximate surface area is 132 Å². The van der Waals surface area contributed by atoms with Gasteiger partial charge in [-0.05, 0) is 30.7 Å². The van der Waals surface area contributed by atoms with Gasteiger partial charge in [0.1, 0.15) is 0 Å². The molecule has 1 aliphatic carbocycles. The molecule has 1 saturated carbocycles. The summed E-state index contributed by atoms with van der Waals surface area (Å²) in [7, 11) is 0. The Balaban J connectivity index is 1.73. The second kappa shape index (κ2) is 9.43. The number of urea groups is 1. The van der Waals surface area contributed by atoms with Gasteiger partial charge in [0, 0.05) is 12.6 Å². The fraction of sp³-hybridized carbons (Fsp3) is 0.588. The average Bonchev–Trinajstić information content (AvgIpc) is 2.56. The highest BCUT2D eigenvalue weighted by Gasteiger charge is 2.24. The zero-order valence-electron chi connectivity index (χ0n) is 13.0. The molecule has 2 rings (SSSR count). The number of carbonyl (C=O) groups is 1. The minimum atomic E-state index is -0.333. The van der Waals surface area contributed by atoms with Gasteiger partial charge in [0.15, 0.2) is 0 Å². The number of hydrogen-bond acceptors (Lipinski definition) is 3. The number of aliphatic hydroxyl groups is 1. The van der Waals surface area contributed by atoms with E-state index in [2.05, 4.69) is 10.8 Å². The Morgan fingerprint density at radius 2 is 1.95 bits per heavy atom. The Bertz CT molecular complexity index is 433. The lowest BCUT2D eigenvalue weighted by Crippen LogP contribution is -2.46. The van der Waals surface area contributed by atoms with Gasteiger partial charge in [-0.15, -0.1) is 0 Å². The monoisotopic (exact) mass is 306 g/mol. The summed E-state index contributed by atoms with van der Waals surface area (Å²) in [6.45, 7) is 0.425. The summed E-state index contributed by atoms with van der Waals surface area (Å²) in [6, 6.07) is 9.36. The highest BCUT2D eigenvalue weighted by molar-refractivity contribution is 5.73. The normalized spacial score (nSPS) is 17.0. The molecular formula is C17H26N2O3. The van der Waals surface area contributed by atoms with Crippen LogP contribution >= 0.6 is 0 Å². The molecule has 3 N–H and O–H groups in total. The summed E-state index contributed by atoms with van der Waals surface area (Å²) in [6.07, 6.45) is 6.53. The fourth-order valence-corrected chi connectivity index (χ4v) is 3.06. The minimum absolute atomic E-state index is 0.0191. The Kier molecular flexibility index (Phi) is 7.19. The first kappa shape index (κ1) is 16.8. The predicted octanol–water partition coefficient (Wildman–Crippen LogP) is 2.75. The molecule has 0 heterocycles. The van der Waals surface area contributed by atoms with E-state index in [1.165, 1.54) is 19.3 Å². The number of rotatable bonds is 7. The zero-order valence-corrected chi connectivity index (χ0v) is 13.0. The maximum atomic E-state index is 11.9. The van der Waals surface area contributed by atoms with Crippen molar-refractivity contribution in [2.24, 2.45) is 5.92 Å². The lowest BCUT2D eigenvalue weighted by molar-refractivity contribution is 0.0464. The summed E-state index contributed by atoms with van der Waals surface area (Å²) in [5.41, 5.74) is 3.43. The molecule has 22 heavy (non-hydrogen) atoms. The van der Waals surface area contributed by atoms with Crippen LogP contribution in [0, 0.1) is 5.92 Å². The van der Waals surface area contributed by atoms with Gasteiger partial charge in [0.05, 0.1) is 6.61 Å². The van der Waals surface area contributed by atoms with Crippen molar-refractivity contribution in [3.8, 4) is 0 Å². The van der Waals surface area contributed by atoms with Gasteiger partial charge in [-0.1, -0.05) is 49.6 Å². The molecule has 1 aromatic rings. The molecule has 0 saturated heterocycles. The van der Waals surface area contributed by atoms with Crippen LogP contribution in [0.2, 0.25) is 0 Å². The summed E-state index contributed by atoms with van der Waals surface area (Å²) < 4.78 is 0. The van der Waals surface area contributed by atoms with E-state index in [4.69, 9.17) is 4.84 Å². The van der Waals surface area contributed by atoms with Crippen molar-refractivity contribution in [2.45, 2.75) is 51.2 Å². The molecule has 1 aliphatic rings. The molecule has 5 heteroatoms. The number of hydroxylamine groups is 1. The topological polar surface area (TPSA) is 70.6 Å². The highest BCUT2D eigenvalue weighted by Crippen LogP contribution is 2.27. The number of aliphatic hydroxyl groups excluding tert-OH is 1. The lowest BCUT2D eigenvalue weighted by atomic mass is 9.83. The van der Waals surface area contributed by atoms with Crippen LogP contribution in [0.5, 0.6) is 0 Å². The molecular weight excluding hydrogens is 280 g/mol. The molecule has 1 atom stereocenters. The second-order valence-electron chi connectivity index (χ2n) is 5.87. The van der Waals surface area contributed by atoms with E-state index in [9.17, 15) is 9.90 Å². The third kappa shape index (κ3) is 5.66. The minimum Gasteiger partial charge on any atom is -0.396 e. The first-order valence-corrected chi connectivity index (χ1v) is 8.12. The average molecular weight is 306 g/mol. The van der Waals surface area contributed by atoms with Gasteiger partial charge >= 0.3 is 6.03 Å². The molecule has 1 fully saturated rings. The van der Waals surface area contributed by atoms with Gasteiger partial charge in [-0.2, -0.15) is 0 Å². The van der Waals surface area contributed by atoms with Crippen molar-refractivity contribution in [2.75, 3.05) is 6.61 Å². The van der Waals surface area contributed by atoms with Crippen LogP contribution in [0.15, 0.2) is 30.3 Å². The molecule has 2 amide bonds. The fourth-order valence-electron chi connectivity index (χ4n) is 3.06. The van der Waals surface area contributed by atoms with Crippen LogP contribution in [0.3, 0.4) is 0 Å². The third-order valence-electron chi connectivity index (χ3n) is 4.22. The molecule has 5 nitrogen and oxygen atoms in total. The van der Waals surface area contributed by atoms with E-state index in [-0.39, 0.29) is 18.7 Å².